The Morgan fingerprint density at radius 1 is 1.29 bits per heavy atom. The number of rotatable bonds is 2. The van der Waals surface area contributed by atoms with Crippen molar-refractivity contribution in [1.82, 2.24) is 0 Å². The van der Waals surface area contributed by atoms with Crippen LogP contribution in [0.15, 0.2) is 12.1 Å². The lowest BCUT2D eigenvalue weighted by atomic mass is 9.45. The quantitative estimate of drug-likeness (QED) is 0.857. The van der Waals surface area contributed by atoms with Crippen molar-refractivity contribution in [3.8, 4) is 11.5 Å². The fraction of sp³-hybridized carbons (Fsp3) is 0.684. The minimum absolute atomic E-state index is 0.0187. The molecule has 2 unspecified atom stereocenters. The first kappa shape index (κ1) is 13.5. The molecule has 2 heteroatoms. The second-order valence-electron chi connectivity index (χ2n) is 8.16. The molecule has 0 radical (unpaired) electrons. The lowest BCUT2D eigenvalue weighted by Gasteiger charge is -2.62. The van der Waals surface area contributed by atoms with Gasteiger partial charge in [0, 0.05) is 17.4 Å². The summed E-state index contributed by atoms with van der Waals surface area (Å²) < 4.78 is 6.45. The predicted octanol–water partition coefficient (Wildman–Crippen LogP) is 4.65. The average Bonchev–Trinajstić information content (AvgIpc) is 2.72. The predicted molar refractivity (Wildman–Crippen MR) is 83.9 cm³/mol. The first-order chi connectivity index (χ1) is 9.88. The molecule has 21 heavy (non-hydrogen) atoms. The number of phenolic OH excluding ortho intramolecular Hbond substituents is 1. The Bertz CT molecular complexity index is 604. The summed E-state index contributed by atoms with van der Waals surface area (Å²) in [4.78, 5) is 0. The Kier molecular flexibility index (Phi) is 2.55. The van der Waals surface area contributed by atoms with E-state index in [0.29, 0.717) is 17.6 Å². The topological polar surface area (TPSA) is 29.5 Å². The molecule has 4 atom stereocenters. The minimum Gasteiger partial charge on any atom is -0.508 e. The Labute approximate surface area is 127 Å². The van der Waals surface area contributed by atoms with Crippen LogP contribution in [0.25, 0.3) is 0 Å². The number of ether oxygens (including phenoxy) is 1. The highest BCUT2D eigenvalue weighted by Gasteiger charge is 2.69. The molecule has 114 valence electrons. The van der Waals surface area contributed by atoms with Gasteiger partial charge in [0.2, 0.25) is 0 Å². The van der Waals surface area contributed by atoms with Gasteiger partial charge in [0.25, 0.3) is 0 Å². The van der Waals surface area contributed by atoms with Crippen molar-refractivity contribution in [2.24, 2.45) is 17.3 Å². The van der Waals surface area contributed by atoms with Gasteiger partial charge in [0.05, 0.1) is 0 Å². The van der Waals surface area contributed by atoms with E-state index in [0.717, 1.165) is 36.5 Å². The molecule has 3 aliphatic rings. The first-order valence-corrected chi connectivity index (χ1v) is 8.43. The second-order valence-corrected chi connectivity index (χ2v) is 8.16. The summed E-state index contributed by atoms with van der Waals surface area (Å²) in [5.41, 5.74) is 2.54. The number of aromatic hydroxyl groups is 1. The van der Waals surface area contributed by atoms with Crippen LogP contribution in [0.5, 0.6) is 11.5 Å². The molecule has 2 fully saturated rings. The van der Waals surface area contributed by atoms with Crippen LogP contribution >= 0.6 is 0 Å². The average molecular weight is 286 g/mol. The number of hydrogen-bond acceptors (Lipinski definition) is 2. The van der Waals surface area contributed by atoms with Crippen LogP contribution in [0.3, 0.4) is 0 Å². The van der Waals surface area contributed by atoms with E-state index in [2.05, 4.69) is 33.8 Å². The lowest BCUT2D eigenvalue weighted by molar-refractivity contribution is -0.121. The molecular weight excluding hydrogens is 260 g/mol. The summed E-state index contributed by atoms with van der Waals surface area (Å²) >= 11 is 0. The van der Waals surface area contributed by atoms with Gasteiger partial charge in [0.1, 0.15) is 17.1 Å². The van der Waals surface area contributed by atoms with E-state index in [1.165, 1.54) is 12.0 Å². The number of phenols is 1. The van der Waals surface area contributed by atoms with E-state index in [4.69, 9.17) is 4.74 Å². The molecule has 1 N–H and O–H groups in total. The maximum absolute atomic E-state index is 10.6. The van der Waals surface area contributed by atoms with E-state index in [9.17, 15) is 5.11 Å². The van der Waals surface area contributed by atoms with E-state index < -0.39 is 0 Å². The maximum atomic E-state index is 10.6. The summed E-state index contributed by atoms with van der Waals surface area (Å²) in [6.45, 7) is 9.20. The van der Waals surface area contributed by atoms with Crippen LogP contribution in [0, 0.1) is 17.3 Å². The Hall–Kier alpha value is -1.18. The fourth-order valence-corrected chi connectivity index (χ4v) is 5.63. The van der Waals surface area contributed by atoms with Gasteiger partial charge in [-0.1, -0.05) is 27.2 Å². The zero-order valence-corrected chi connectivity index (χ0v) is 13.6. The summed E-state index contributed by atoms with van der Waals surface area (Å²) in [6, 6.07) is 4.15. The molecule has 0 amide bonds. The third-order valence-electron chi connectivity index (χ3n) is 6.58. The molecule has 2 nitrogen and oxygen atoms in total. The first-order valence-electron chi connectivity index (χ1n) is 8.43. The van der Waals surface area contributed by atoms with Crippen molar-refractivity contribution in [3.05, 3.63) is 23.3 Å². The molecule has 1 aromatic carbocycles. The third kappa shape index (κ3) is 1.54. The van der Waals surface area contributed by atoms with Gasteiger partial charge in [-0.2, -0.15) is 0 Å². The molecule has 0 aromatic heterocycles. The zero-order chi connectivity index (χ0) is 15.0. The molecule has 1 aliphatic heterocycles. The maximum Gasteiger partial charge on any atom is 0.127 e. The van der Waals surface area contributed by atoms with Crippen molar-refractivity contribution in [2.45, 2.75) is 64.9 Å². The SMILES string of the molecule is CCCc1cc(O)c2c(c1)OC1(C)CCC3[C@@H]1[C@@H]2C3(C)C. The molecule has 1 aromatic rings. The Morgan fingerprint density at radius 2 is 2.05 bits per heavy atom. The number of hydrogen-bond donors (Lipinski definition) is 1. The van der Waals surface area contributed by atoms with E-state index >= 15 is 0 Å². The number of fused-ring (bicyclic) bond motifs is 2. The fourth-order valence-electron chi connectivity index (χ4n) is 5.63. The van der Waals surface area contributed by atoms with Crippen molar-refractivity contribution < 1.29 is 9.84 Å². The van der Waals surface area contributed by atoms with Gasteiger partial charge in [-0.05, 0) is 55.2 Å². The highest BCUT2D eigenvalue weighted by Crippen LogP contribution is 2.74. The van der Waals surface area contributed by atoms with Crippen molar-refractivity contribution in [2.75, 3.05) is 0 Å². The smallest absolute Gasteiger partial charge is 0.127 e. The number of aryl methyl sites for hydroxylation is 1. The van der Waals surface area contributed by atoms with Crippen LogP contribution in [-0.2, 0) is 6.42 Å². The van der Waals surface area contributed by atoms with Gasteiger partial charge < -0.3 is 9.84 Å². The van der Waals surface area contributed by atoms with Crippen LogP contribution < -0.4 is 4.74 Å². The van der Waals surface area contributed by atoms with Gasteiger partial charge in [-0.3, -0.25) is 0 Å². The van der Waals surface area contributed by atoms with Crippen LogP contribution in [0.4, 0.5) is 0 Å². The van der Waals surface area contributed by atoms with Gasteiger partial charge >= 0.3 is 0 Å². The molecule has 1 heterocycles. The monoisotopic (exact) mass is 286 g/mol. The Morgan fingerprint density at radius 3 is 2.76 bits per heavy atom. The zero-order valence-electron chi connectivity index (χ0n) is 13.6. The van der Waals surface area contributed by atoms with Crippen LogP contribution in [-0.4, -0.2) is 10.7 Å². The van der Waals surface area contributed by atoms with Crippen molar-refractivity contribution >= 4 is 0 Å². The molecule has 4 rings (SSSR count). The van der Waals surface area contributed by atoms with Gasteiger partial charge in [-0.25, -0.2) is 0 Å². The molecule has 2 aliphatic carbocycles. The summed E-state index contributed by atoms with van der Waals surface area (Å²) in [7, 11) is 0. The summed E-state index contributed by atoms with van der Waals surface area (Å²) in [6.07, 6.45) is 4.51. The molecule has 0 spiro atoms. The Balaban J connectivity index is 1.86. The van der Waals surface area contributed by atoms with E-state index in [1.807, 2.05) is 6.07 Å². The van der Waals surface area contributed by atoms with Crippen LogP contribution in [0.2, 0.25) is 0 Å². The van der Waals surface area contributed by atoms with E-state index in [1.54, 1.807) is 0 Å². The standard InChI is InChI=1S/C19H26O2/c1-5-6-11-9-13(20)15-14(10-11)21-19(4)8-7-12-16(19)17(15)18(12,2)3/h9-10,12,16-17,20H,5-8H2,1-4H3/t12?,16-,17-,19?/m1/s1. The molecule has 0 saturated heterocycles. The van der Waals surface area contributed by atoms with Crippen molar-refractivity contribution in [1.29, 1.82) is 0 Å². The lowest BCUT2D eigenvalue weighted by Crippen LogP contribution is -2.59. The van der Waals surface area contributed by atoms with Crippen molar-refractivity contribution in [3.63, 3.8) is 0 Å². The number of benzene rings is 1. The molecular formula is C19H26O2. The third-order valence-corrected chi connectivity index (χ3v) is 6.58. The van der Waals surface area contributed by atoms with Crippen LogP contribution in [0.1, 0.15) is 64.0 Å². The second kappa shape index (κ2) is 3.97. The summed E-state index contributed by atoms with van der Waals surface area (Å²) in [5, 5.41) is 10.6. The highest BCUT2D eigenvalue weighted by atomic mass is 16.5. The van der Waals surface area contributed by atoms with E-state index in [-0.39, 0.29) is 11.0 Å². The normalized spacial score (nSPS) is 38.2. The summed E-state index contributed by atoms with van der Waals surface area (Å²) in [5.74, 6) is 3.20. The molecule has 0 bridgehead atoms. The van der Waals surface area contributed by atoms with Gasteiger partial charge in [0.15, 0.2) is 0 Å². The molecule has 2 saturated carbocycles. The highest BCUT2D eigenvalue weighted by molar-refractivity contribution is 5.55. The minimum atomic E-state index is -0.0187. The largest absolute Gasteiger partial charge is 0.508 e. The van der Waals surface area contributed by atoms with Gasteiger partial charge in [-0.15, -0.1) is 0 Å².